The number of benzene rings is 2. The lowest BCUT2D eigenvalue weighted by molar-refractivity contribution is -0.456. The predicted octanol–water partition coefficient (Wildman–Crippen LogP) is -0.0838. The average molecular weight is 440 g/mol. The number of nitrogens with zero attached hydrogens (tertiary/aromatic N) is 4. The Balaban J connectivity index is 1.79. The summed E-state index contributed by atoms with van der Waals surface area (Å²) in [6.07, 6.45) is 1.50. The lowest BCUT2D eigenvalue weighted by Gasteiger charge is -2.10. The van der Waals surface area contributed by atoms with Crippen LogP contribution in [0.25, 0.3) is 0 Å². The summed E-state index contributed by atoms with van der Waals surface area (Å²) in [5.41, 5.74) is 12.1. The maximum atomic E-state index is 12.6. The van der Waals surface area contributed by atoms with Gasteiger partial charge in [0.05, 0.1) is 17.6 Å². The molecule has 0 atom stereocenters. The highest BCUT2D eigenvalue weighted by Gasteiger charge is 2.21. The number of hydrazone groups is 1. The van der Waals surface area contributed by atoms with E-state index in [1.54, 1.807) is 12.1 Å². The fourth-order valence-electron chi connectivity index (χ4n) is 2.66. The number of amidine groups is 1. The summed E-state index contributed by atoms with van der Waals surface area (Å²) in [5, 5.41) is 24.5. The zero-order chi connectivity index (χ0) is 23.3. The number of nitro benzene ring substituents is 1. The molecule has 1 heterocycles. The Bertz CT molecular complexity index is 1230. The van der Waals surface area contributed by atoms with Gasteiger partial charge in [-0.2, -0.15) is 0 Å². The Morgan fingerprint density at radius 1 is 1.28 bits per heavy atom. The van der Waals surface area contributed by atoms with Gasteiger partial charge in [-0.05, 0) is 41.5 Å². The van der Waals surface area contributed by atoms with E-state index in [2.05, 4.69) is 25.1 Å². The van der Waals surface area contributed by atoms with Crippen molar-refractivity contribution >= 4 is 29.5 Å². The Hall–Kier alpha value is -4.81. The fraction of sp³-hybridized carbons (Fsp3) is 0.105. The van der Waals surface area contributed by atoms with Gasteiger partial charge in [-0.15, -0.1) is 5.10 Å². The number of anilines is 1. The number of nitrogens with two attached hydrogens (primary N) is 2. The van der Waals surface area contributed by atoms with Gasteiger partial charge in [-0.25, -0.2) is 9.42 Å². The second kappa shape index (κ2) is 9.34. The summed E-state index contributed by atoms with van der Waals surface area (Å²) >= 11 is 0. The van der Waals surface area contributed by atoms with E-state index in [0.29, 0.717) is 5.56 Å². The fourth-order valence-corrected chi connectivity index (χ4v) is 2.66. The van der Waals surface area contributed by atoms with Crippen LogP contribution in [-0.4, -0.2) is 40.4 Å². The van der Waals surface area contributed by atoms with Crippen molar-refractivity contribution in [1.82, 2.24) is 10.3 Å². The van der Waals surface area contributed by atoms with Gasteiger partial charge in [0.2, 0.25) is 12.1 Å². The molecule has 3 aromatic rings. The summed E-state index contributed by atoms with van der Waals surface area (Å²) < 4.78 is 15.1. The number of carbonyl (C=O) groups excluding carboxylic acids is 1. The molecule has 0 bridgehead atoms. The van der Waals surface area contributed by atoms with Gasteiger partial charge in [0.25, 0.3) is 5.69 Å². The molecule has 2 aromatic carbocycles. The van der Waals surface area contributed by atoms with Crippen LogP contribution in [0, 0.1) is 17.0 Å². The van der Waals surface area contributed by atoms with E-state index in [0.717, 1.165) is 0 Å². The molecule has 1 aromatic heterocycles. The van der Waals surface area contributed by atoms with E-state index in [-0.39, 0.29) is 45.7 Å². The number of esters is 1. The average Bonchev–Trinajstić information content (AvgIpc) is 3.20. The molecule has 0 aliphatic rings. The summed E-state index contributed by atoms with van der Waals surface area (Å²) in [6, 6.07) is 8.88. The molecule has 0 spiro atoms. The van der Waals surface area contributed by atoms with Crippen molar-refractivity contribution in [2.75, 3.05) is 12.8 Å². The largest absolute Gasteiger partial charge is 0.493 e. The van der Waals surface area contributed by atoms with Gasteiger partial charge in [-0.3, -0.25) is 10.1 Å². The number of nitrogens with one attached hydrogen (secondary N) is 1. The van der Waals surface area contributed by atoms with E-state index in [9.17, 15) is 14.9 Å². The van der Waals surface area contributed by atoms with Crippen molar-refractivity contribution in [3.8, 4) is 11.5 Å². The van der Waals surface area contributed by atoms with E-state index < -0.39 is 10.9 Å². The third kappa shape index (κ3) is 4.67. The molecule has 0 unspecified atom stereocenters. The summed E-state index contributed by atoms with van der Waals surface area (Å²) in [6.45, 7) is 1.48. The lowest BCUT2D eigenvalue weighted by Crippen LogP contribution is -2.63. The number of methoxy groups -OCH3 is 1. The number of nitrogen functional groups attached to an aromatic ring is 1. The lowest BCUT2D eigenvalue weighted by atomic mass is 10.1. The van der Waals surface area contributed by atoms with Crippen LogP contribution in [-0.2, 0) is 0 Å². The first kappa shape index (κ1) is 21.9. The number of nitro groups is 1. The van der Waals surface area contributed by atoms with Crippen molar-refractivity contribution in [3.05, 3.63) is 68.9 Å². The highest BCUT2D eigenvalue weighted by atomic mass is 16.6. The predicted molar refractivity (Wildman–Crippen MR) is 111 cm³/mol. The van der Waals surface area contributed by atoms with E-state index in [1.165, 1.54) is 44.5 Å². The van der Waals surface area contributed by atoms with Gasteiger partial charge in [-0.1, -0.05) is 6.07 Å². The molecule has 0 amide bonds. The van der Waals surface area contributed by atoms with Crippen molar-refractivity contribution in [2.24, 2.45) is 10.8 Å². The maximum Gasteiger partial charge on any atom is 0.344 e. The van der Waals surface area contributed by atoms with Gasteiger partial charge in [0.15, 0.2) is 23.0 Å². The second-order valence-electron chi connectivity index (χ2n) is 6.28. The normalized spacial score (nSPS) is 11.5. The smallest absolute Gasteiger partial charge is 0.344 e. The summed E-state index contributed by atoms with van der Waals surface area (Å²) in [7, 11) is 1.40. The third-order valence-corrected chi connectivity index (χ3v) is 4.28. The molecule has 32 heavy (non-hydrogen) atoms. The van der Waals surface area contributed by atoms with Crippen molar-refractivity contribution < 1.29 is 28.9 Å². The molecule has 13 heteroatoms. The standard InChI is InChI=1S/C19H17N7O6/c1-10-12(4-3-5-13(10)26(28)29)19(27)31-14-7-6-11(8-15(14)30-2)9-22-23-17(20)16-18(21)25-32-24-16/h3-9H,1-2H3,(H2,20,23)(H2,21,25)/p+1. The number of rotatable bonds is 7. The Kier molecular flexibility index (Phi) is 6.39. The van der Waals surface area contributed by atoms with E-state index in [1.807, 2.05) is 0 Å². The molecule has 0 saturated carbocycles. The highest BCUT2D eigenvalue weighted by molar-refractivity contribution is 5.98. The Morgan fingerprint density at radius 3 is 2.72 bits per heavy atom. The molecule has 0 aliphatic carbocycles. The molecule has 0 saturated heterocycles. The SMILES string of the molecule is COc1cc(C=[NH+]N=C(N)c2nonc2N)ccc1OC(=O)c1cccc([N+](=O)[O-])c1C. The van der Waals surface area contributed by atoms with Crippen LogP contribution < -0.4 is 26.0 Å². The van der Waals surface area contributed by atoms with Crippen LogP contribution in [0.5, 0.6) is 11.5 Å². The topological polar surface area (TPSA) is 196 Å². The van der Waals surface area contributed by atoms with Gasteiger partial charge < -0.3 is 20.9 Å². The molecule has 0 fully saturated rings. The first-order chi connectivity index (χ1) is 15.3. The minimum Gasteiger partial charge on any atom is -0.493 e. The van der Waals surface area contributed by atoms with Crippen molar-refractivity contribution in [3.63, 3.8) is 0 Å². The molecule has 0 aliphatic heterocycles. The molecule has 5 N–H and O–H groups in total. The van der Waals surface area contributed by atoms with E-state index in [4.69, 9.17) is 20.9 Å². The van der Waals surface area contributed by atoms with Crippen molar-refractivity contribution in [2.45, 2.75) is 6.92 Å². The van der Waals surface area contributed by atoms with Crippen LogP contribution in [0.2, 0.25) is 0 Å². The molecule has 3 rings (SSSR count). The van der Waals surface area contributed by atoms with Crippen LogP contribution >= 0.6 is 0 Å². The van der Waals surface area contributed by atoms with E-state index >= 15 is 0 Å². The minimum absolute atomic E-state index is 0.000118. The van der Waals surface area contributed by atoms with Crippen LogP contribution in [0.15, 0.2) is 46.1 Å². The summed E-state index contributed by atoms with van der Waals surface area (Å²) in [4.78, 5) is 23.1. The van der Waals surface area contributed by atoms with Crippen LogP contribution in [0.3, 0.4) is 0 Å². The van der Waals surface area contributed by atoms with Crippen molar-refractivity contribution in [1.29, 1.82) is 0 Å². The quantitative estimate of drug-likeness (QED) is 0.112. The summed E-state index contributed by atoms with van der Waals surface area (Å²) in [5.74, 6) is -0.413. The van der Waals surface area contributed by atoms with Crippen LogP contribution in [0.4, 0.5) is 11.5 Å². The monoisotopic (exact) mass is 440 g/mol. The first-order valence-electron chi connectivity index (χ1n) is 8.96. The molecule has 164 valence electrons. The minimum atomic E-state index is -0.754. The number of ether oxygens (including phenoxy) is 2. The van der Waals surface area contributed by atoms with Gasteiger partial charge in [0.1, 0.15) is 0 Å². The maximum absolute atomic E-state index is 12.6. The highest BCUT2D eigenvalue weighted by Crippen LogP contribution is 2.29. The van der Waals surface area contributed by atoms with Gasteiger partial charge >= 0.3 is 5.97 Å². The zero-order valence-corrected chi connectivity index (χ0v) is 16.9. The van der Waals surface area contributed by atoms with Gasteiger partial charge in [0, 0.05) is 22.3 Å². The first-order valence-corrected chi connectivity index (χ1v) is 8.96. The second-order valence-corrected chi connectivity index (χ2v) is 6.28. The Labute approximate surface area is 180 Å². The number of aromatic nitrogens is 2. The number of hydrogen-bond donors (Lipinski definition) is 3. The molecular formula is C19H18N7O6+. The number of carbonyl (C=O) groups is 1. The molecular weight excluding hydrogens is 422 g/mol. The number of hydrogen-bond acceptors (Lipinski definition) is 10. The van der Waals surface area contributed by atoms with Crippen LogP contribution in [0.1, 0.15) is 27.2 Å². The Morgan fingerprint density at radius 2 is 2.06 bits per heavy atom. The molecule has 0 radical (unpaired) electrons. The molecule has 13 nitrogen and oxygen atoms in total. The zero-order valence-electron chi connectivity index (χ0n) is 16.9. The third-order valence-electron chi connectivity index (χ3n) is 4.28.